The molecule has 1 aliphatic rings. The maximum Gasteiger partial charge on any atom is 0.307 e. The molecular weight excluding hydrogens is 302 g/mol. The fourth-order valence-corrected chi connectivity index (χ4v) is 3.21. The average Bonchev–Trinajstić information content (AvgIpc) is 2.93. The number of aromatic nitrogens is 2. The summed E-state index contributed by atoms with van der Waals surface area (Å²) < 4.78 is 0. The summed E-state index contributed by atoms with van der Waals surface area (Å²) in [5, 5.41) is 21.4. The number of carboxylic acid groups (broad SMARTS) is 1. The van der Waals surface area contributed by atoms with Crippen molar-refractivity contribution >= 4 is 23.2 Å². The first kappa shape index (κ1) is 14.6. The van der Waals surface area contributed by atoms with Gasteiger partial charge in [0.25, 0.3) is 0 Å². The highest BCUT2D eigenvalue weighted by Crippen LogP contribution is 2.34. The Morgan fingerprint density at radius 3 is 2.55 bits per heavy atom. The summed E-state index contributed by atoms with van der Waals surface area (Å²) in [6, 6.07) is 9.70. The van der Waals surface area contributed by atoms with Crippen molar-refractivity contribution in [2.24, 2.45) is 11.8 Å². The molecule has 3 rings (SSSR count). The lowest BCUT2D eigenvalue weighted by Gasteiger charge is -2.31. The van der Waals surface area contributed by atoms with Crippen molar-refractivity contribution in [3.05, 3.63) is 35.3 Å². The fourth-order valence-electron chi connectivity index (χ4n) is 2.43. The summed E-state index contributed by atoms with van der Waals surface area (Å²) in [6.45, 7) is 0.284. The van der Waals surface area contributed by atoms with Gasteiger partial charge < -0.3 is 10.4 Å². The molecule has 2 unspecified atom stereocenters. The predicted molar refractivity (Wildman–Crippen MR) is 81.0 cm³/mol. The summed E-state index contributed by atoms with van der Waals surface area (Å²) in [7, 11) is 0. The maximum absolute atomic E-state index is 12.0. The summed E-state index contributed by atoms with van der Waals surface area (Å²) in [5.41, 5.74) is 0.988. The Balaban J connectivity index is 1.57. The van der Waals surface area contributed by atoms with Gasteiger partial charge in [-0.15, -0.1) is 10.2 Å². The zero-order valence-corrected chi connectivity index (χ0v) is 12.5. The minimum Gasteiger partial charge on any atom is -0.481 e. The van der Waals surface area contributed by atoms with Crippen molar-refractivity contribution in [2.45, 2.75) is 19.4 Å². The number of aliphatic carboxylic acids is 1. The van der Waals surface area contributed by atoms with Crippen LogP contribution in [0, 0.1) is 11.8 Å². The minimum absolute atomic E-state index is 0.213. The van der Waals surface area contributed by atoms with E-state index < -0.39 is 17.8 Å². The summed E-state index contributed by atoms with van der Waals surface area (Å²) >= 11 is 1.42. The molecule has 1 aromatic heterocycles. The van der Waals surface area contributed by atoms with Crippen molar-refractivity contribution in [3.8, 4) is 10.6 Å². The number of carboxylic acids is 1. The topological polar surface area (TPSA) is 92.2 Å². The molecule has 2 N–H and O–H groups in total. The number of hydrogen-bond acceptors (Lipinski definition) is 5. The predicted octanol–water partition coefficient (Wildman–Crippen LogP) is 1.93. The Kier molecular flexibility index (Phi) is 4.15. The van der Waals surface area contributed by atoms with Gasteiger partial charge in [0, 0.05) is 5.56 Å². The first-order valence-corrected chi connectivity index (χ1v) is 7.85. The SMILES string of the molecule is O=C(O)C1CCC1C(=O)NCc1nnc(-c2ccccc2)s1. The van der Waals surface area contributed by atoms with E-state index in [9.17, 15) is 9.59 Å². The number of carbonyl (C=O) groups is 2. The number of carbonyl (C=O) groups excluding carboxylic acids is 1. The lowest BCUT2D eigenvalue weighted by Crippen LogP contribution is -2.43. The molecule has 0 radical (unpaired) electrons. The van der Waals surface area contributed by atoms with Crippen LogP contribution in [-0.4, -0.2) is 27.2 Å². The van der Waals surface area contributed by atoms with Gasteiger partial charge >= 0.3 is 5.97 Å². The average molecular weight is 317 g/mol. The van der Waals surface area contributed by atoms with Crippen LogP contribution in [0.4, 0.5) is 0 Å². The van der Waals surface area contributed by atoms with E-state index in [4.69, 9.17) is 5.11 Å². The number of nitrogens with zero attached hydrogens (tertiary/aromatic N) is 2. The van der Waals surface area contributed by atoms with Crippen LogP contribution in [-0.2, 0) is 16.1 Å². The summed E-state index contributed by atoms with van der Waals surface area (Å²) in [5.74, 6) is -2.07. The van der Waals surface area contributed by atoms with E-state index >= 15 is 0 Å². The largest absolute Gasteiger partial charge is 0.481 e. The minimum atomic E-state index is -0.895. The van der Waals surface area contributed by atoms with Gasteiger partial charge in [-0.3, -0.25) is 9.59 Å². The number of nitrogens with one attached hydrogen (secondary N) is 1. The van der Waals surface area contributed by atoms with Gasteiger partial charge in [0.15, 0.2) is 0 Å². The normalized spacial score (nSPS) is 20.2. The smallest absolute Gasteiger partial charge is 0.307 e. The van der Waals surface area contributed by atoms with Crippen molar-refractivity contribution in [1.82, 2.24) is 15.5 Å². The molecule has 0 saturated heterocycles. The van der Waals surface area contributed by atoms with E-state index in [0.717, 1.165) is 10.6 Å². The highest BCUT2D eigenvalue weighted by molar-refractivity contribution is 7.14. The van der Waals surface area contributed by atoms with Gasteiger partial charge in [0.05, 0.1) is 18.4 Å². The number of hydrogen-bond donors (Lipinski definition) is 2. The van der Waals surface area contributed by atoms with Gasteiger partial charge in [0.2, 0.25) is 5.91 Å². The van der Waals surface area contributed by atoms with E-state index in [1.165, 1.54) is 11.3 Å². The van der Waals surface area contributed by atoms with Crippen LogP contribution in [0.1, 0.15) is 17.8 Å². The third-order valence-electron chi connectivity index (χ3n) is 3.83. The van der Waals surface area contributed by atoms with Crippen molar-refractivity contribution in [1.29, 1.82) is 0 Å². The summed E-state index contributed by atoms with van der Waals surface area (Å²) in [6.07, 6.45) is 1.21. The molecule has 2 aromatic rings. The van der Waals surface area contributed by atoms with E-state index in [0.29, 0.717) is 17.8 Å². The van der Waals surface area contributed by atoms with Crippen LogP contribution in [0.25, 0.3) is 10.6 Å². The number of benzene rings is 1. The van der Waals surface area contributed by atoms with E-state index in [2.05, 4.69) is 15.5 Å². The Morgan fingerprint density at radius 2 is 1.91 bits per heavy atom. The first-order chi connectivity index (χ1) is 10.6. The van der Waals surface area contributed by atoms with Crippen LogP contribution in [0.5, 0.6) is 0 Å². The molecule has 0 spiro atoms. The number of amides is 1. The Hall–Kier alpha value is -2.28. The molecule has 22 heavy (non-hydrogen) atoms. The monoisotopic (exact) mass is 317 g/mol. The summed E-state index contributed by atoms with van der Waals surface area (Å²) in [4.78, 5) is 22.9. The van der Waals surface area contributed by atoms with Gasteiger partial charge in [-0.1, -0.05) is 41.7 Å². The molecule has 2 atom stereocenters. The second-order valence-electron chi connectivity index (χ2n) is 5.21. The molecule has 0 aliphatic heterocycles. The molecule has 1 aliphatic carbocycles. The lowest BCUT2D eigenvalue weighted by molar-refractivity contribution is -0.152. The fraction of sp³-hybridized carbons (Fsp3) is 0.333. The molecule has 7 heteroatoms. The zero-order chi connectivity index (χ0) is 15.5. The van der Waals surface area contributed by atoms with Crippen LogP contribution in [0.3, 0.4) is 0 Å². The first-order valence-electron chi connectivity index (χ1n) is 7.03. The second kappa shape index (κ2) is 6.23. The Labute approximate surface area is 131 Å². The van der Waals surface area contributed by atoms with Gasteiger partial charge in [-0.05, 0) is 12.8 Å². The standard InChI is InChI=1S/C15H15N3O3S/c19-13(10-6-7-11(10)15(20)21)16-8-12-17-18-14(22-12)9-4-2-1-3-5-9/h1-5,10-11H,6-8H2,(H,16,19)(H,20,21). The number of rotatable bonds is 5. The second-order valence-corrected chi connectivity index (χ2v) is 6.28. The third-order valence-corrected chi connectivity index (χ3v) is 4.80. The third kappa shape index (κ3) is 2.99. The lowest BCUT2D eigenvalue weighted by atomic mass is 9.73. The molecule has 114 valence electrons. The molecule has 1 aromatic carbocycles. The van der Waals surface area contributed by atoms with Gasteiger partial charge in [0.1, 0.15) is 10.0 Å². The zero-order valence-electron chi connectivity index (χ0n) is 11.7. The molecule has 6 nitrogen and oxygen atoms in total. The molecule has 1 heterocycles. The van der Waals surface area contributed by atoms with Crippen molar-refractivity contribution in [3.63, 3.8) is 0 Å². The van der Waals surface area contributed by atoms with Crippen LogP contribution < -0.4 is 5.32 Å². The van der Waals surface area contributed by atoms with Crippen LogP contribution in [0.2, 0.25) is 0 Å². The highest BCUT2D eigenvalue weighted by Gasteiger charge is 2.41. The van der Waals surface area contributed by atoms with Crippen LogP contribution >= 0.6 is 11.3 Å². The van der Waals surface area contributed by atoms with Gasteiger partial charge in [-0.25, -0.2) is 0 Å². The molecule has 1 fully saturated rings. The molecule has 1 amide bonds. The van der Waals surface area contributed by atoms with E-state index in [1.54, 1.807) is 0 Å². The quantitative estimate of drug-likeness (QED) is 0.879. The van der Waals surface area contributed by atoms with E-state index in [1.807, 2.05) is 30.3 Å². The van der Waals surface area contributed by atoms with Crippen LogP contribution in [0.15, 0.2) is 30.3 Å². The Bertz CT molecular complexity index is 686. The molecule has 1 saturated carbocycles. The van der Waals surface area contributed by atoms with Gasteiger partial charge in [-0.2, -0.15) is 0 Å². The Morgan fingerprint density at radius 1 is 1.18 bits per heavy atom. The molecule has 0 bridgehead atoms. The molecular formula is C15H15N3O3S. The van der Waals surface area contributed by atoms with Crippen molar-refractivity contribution < 1.29 is 14.7 Å². The van der Waals surface area contributed by atoms with E-state index in [-0.39, 0.29) is 12.5 Å². The highest BCUT2D eigenvalue weighted by atomic mass is 32.1. The maximum atomic E-state index is 12.0. The van der Waals surface area contributed by atoms with Crippen molar-refractivity contribution in [2.75, 3.05) is 0 Å².